The summed E-state index contributed by atoms with van der Waals surface area (Å²) in [6, 6.07) is 10.7. The minimum absolute atomic E-state index is 0.0271. The smallest absolute Gasteiger partial charge is 0.319 e. The highest BCUT2D eigenvalue weighted by Crippen LogP contribution is 2.19. The second kappa shape index (κ2) is 7.66. The van der Waals surface area contributed by atoms with E-state index in [9.17, 15) is 9.59 Å². The van der Waals surface area contributed by atoms with Crippen LogP contribution >= 0.6 is 0 Å². The number of carbonyl (C=O) groups is 2. The molecular formula is C18H26N4O2. The summed E-state index contributed by atoms with van der Waals surface area (Å²) in [5.74, 6) is 0.0271. The van der Waals surface area contributed by atoms with Crippen LogP contribution in [0, 0.1) is 0 Å². The molecule has 0 aliphatic carbocycles. The Morgan fingerprint density at radius 2 is 2.08 bits per heavy atom. The van der Waals surface area contributed by atoms with E-state index in [0.717, 1.165) is 19.5 Å². The number of hydrogen-bond donors (Lipinski definition) is 1. The van der Waals surface area contributed by atoms with E-state index in [4.69, 9.17) is 0 Å². The lowest BCUT2D eigenvalue weighted by molar-refractivity contribution is -0.126. The van der Waals surface area contributed by atoms with Crippen molar-refractivity contribution in [3.63, 3.8) is 0 Å². The molecule has 1 aromatic carbocycles. The van der Waals surface area contributed by atoms with Gasteiger partial charge in [0.25, 0.3) is 0 Å². The summed E-state index contributed by atoms with van der Waals surface area (Å²) >= 11 is 0. The molecule has 0 bridgehead atoms. The first-order valence-electron chi connectivity index (χ1n) is 8.76. The molecule has 24 heavy (non-hydrogen) atoms. The van der Waals surface area contributed by atoms with Crippen molar-refractivity contribution in [2.75, 3.05) is 32.8 Å². The molecule has 1 aromatic rings. The minimum atomic E-state index is -0.133. The molecule has 1 N–H and O–H groups in total. The van der Waals surface area contributed by atoms with Gasteiger partial charge in [0.2, 0.25) is 5.91 Å². The number of likely N-dealkylation sites (N-methyl/N-ethyl adjacent to an activating group) is 1. The summed E-state index contributed by atoms with van der Waals surface area (Å²) in [6.45, 7) is 5.81. The zero-order valence-electron chi connectivity index (χ0n) is 14.3. The van der Waals surface area contributed by atoms with E-state index in [-0.39, 0.29) is 18.5 Å². The lowest BCUT2D eigenvalue weighted by Gasteiger charge is -2.26. The summed E-state index contributed by atoms with van der Waals surface area (Å²) < 4.78 is 0. The predicted molar refractivity (Wildman–Crippen MR) is 92.2 cm³/mol. The molecule has 2 aliphatic rings. The number of amides is 3. The van der Waals surface area contributed by atoms with E-state index < -0.39 is 0 Å². The Kier molecular flexibility index (Phi) is 5.35. The first-order chi connectivity index (χ1) is 11.7. The van der Waals surface area contributed by atoms with Crippen LogP contribution in [-0.2, 0) is 11.3 Å². The van der Waals surface area contributed by atoms with Gasteiger partial charge in [-0.1, -0.05) is 30.3 Å². The van der Waals surface area contributed by atoms with Gasteiger partial charge in [-0.15, -0.1) is 0 Å². The Bertz CT molecular complexity index is 578. The van der Waals surface area contributed by atoms with E-state index in [2.05, 4.69) is 34.5 Å². The van der Waals surface area contributed by atoms with Crippen molar-refractivity contribution in [3.05, 3.63) is 35.9 Å². The topological polar surface area (TPSA) is 55.9 Å². The highest BCUT2D eigenvalue weighted by Gasteiger charge is 2.31. The van der Waals surface area contributed by atoms with Crippen LogP contribution in [0.1, 0.15) is 25.3 Å². The molecule has 2 aliphatic heterocycles. The number of nitrogens with one attached hydrogen (secondary N) is 1. The lowest BCUT2D eigenvalue weighted by atomic mass is 10.2. The number of urea groups is 1. The molecular weight excluding hydrogens is 304 g/mol. The van der Waals surface area contributed by atoms with Crippen LogP contribution in [0.3, 0.4) is 0 Å². The Balaban J connectivity index is 1.48. The van der Waals surface area contributed by atoms with E-state index in [1.54, 1.807) is 9.80 Å². The van der Waals surface area contributed by atoms with Gasteiger partial charge in [0, 0.05) is 25.7 Å². The Morgan fingerprint density at radius 1 is 1.29 bits per heavy atom. The maximum absolute atomic E-state index is 12.3. The number of likely N-dealkylation sites (tertiary alicyclic amines) is 1. The van der Waals surface area contributed by atoms with E-state index >= 15 is 0 Å². The van der Waals surface area contributed by atoms with E-state index in [1.165, 1.54) is 12.0 Å². The van der Waals surface area contributed by atoms with Crippen molar-refractivity contribution in [2.24, 2.45) is 0 Å². The third-order valence-corrected chi connectivity index (χ3v) is 4.91. The molecule has 0 unspecified atom stereocenters. The van der Waals surface area contributed by atoms with Gasteiger partial charge in [-0.2, -0.15) is 0 Å². The van der Waals surface area contributed by atoms with E-state index in [0.29, 0.717) is 25.8 Å². The lowest BCUT2D eigenvalue weighted by Crippen LogP contribution is -2.45. The maximum atomic E-state index is 12.3. The van der Waals surface area contributed by atoms with Gasteiger partial charge >= 0.3 is 6.03 Å². The fourth-order valence-electron chi connectivity index (χ4n) is 3.48. The molecule has 2 heterocycles. The molecule has 1 atom stereocenters. The number of nitrogens with zero attached hydrogens (tertiary/aromatic N) is 3. The largest absolute Gasteiger partial charge is 0.336 e. The number of hydrogen-bond acceptors (Lipinski definition) is 3. The molecule has 2 saturated heterocycles. The van der Waals surface area contributed by atoms with Crippen molar-refractivity contribution < 1.29 is 9.59 Å². The molecule has 6 heteroatoms. The minimum Gasteiger partial charge on any atom is -0.336 e. The third-order valence-electron chi connectivity index (χ3n) is 4.91. The summed E-state index contributed by atoms with van der Waals surface area (Å²) in [7, 11) is 0. The Labute approximate surface area is 143 Å². The quantitative estimate of drug-likeness (QED) is 0.890. The Hall–Kier alpha value is -2.08. The normalized spacial score (nSPS) is 21.5. The second-order valence-corrected chi connectivity index (χ2v) is 6.53. The highest BCUT2D eigenvalue weighted by atomic mass is 16.2. The zero-order valence-corrected chi connectivity index (χ0v) is 14.3. The van der Waals surface area contributed by atoms with Crippen LogP contribution in [0.5, 0.6) is 0 Å². The van der Waals surface area contributed by atoms with Gasteiger partial charge < -0.3 is 10.2 Å². The number of rotatable bonds is 5. The monoisotopic (exact) mass is 330 g/mol. The van der Waals surface area contributed by atoms with Crippen LogP contribution in [0.15, 0.2) is 30.3 Å². The first-order valence-corrected chi connectivity index (χ1v) is 8.76. The maximum Gasteiger partial charge on any atom is 0.319 e. The molecule has 0 radical (unpaired) electrons. The fraction of sp³-hybridized carbons (Fsp3) is 0.556. The van der Waals surface area contributed by atoms with Crippen molar-refractivity contribution in [2.45, 2.75) is 32.4 Å². The van der Waals surface area contributed by atoms with Crippen LogP contribution in [0.4, 0.5) is 4.79 Å². The molecule has 0 aromatic heterocycles. The van der Waals surface area contributed by atoms with Crippen molar-refractivity contribution in [1.82, 2.24) is 20.0 Å². The van der Waals surface area contributed by atoms with Gasteiger partial charge in [-0.05, 0) is 31.9 Å². The van der Waals surface area contributed by atoms with Crippen molar-refractivity contribution in [3.8, 4) is 0 Å². The average molecular weight is 330 g/mol. The van der Waals surface area contributed by atoms with Gasteiger partial charge in [0.1, 0.15) is 6.54 Å². The third kappa shape index (κ3) is 3.87. The van der Waals surface area contributed by atoms with Gasteiger partial charge in [-0.3, -0.25) is 14.6 Å². The van der Waals surface area contributed by atoms with Gasteiger partial charge in [-0.25, -0.2) is 4.79 Å². The first kappa shape index (κ1) is 16.8. The molecule has 0 saturated carbocycles. The van der Waals surface area contributed by atoms with Crippen molar-refractivity contribution in [1.29, 1.82) is 0 Å². The van der Waals surface area contributed by atoms with E-state index in [1.807, 2.05) is 13.0 Å². The van der Waals surface area contributed by atoms with Crippen LogP contribution in [-0.4, -0.2) is 65.5 Å². The summed E-state index contributed by atoms with van der Waals surface area (Å²) in [6.07, 6.45) is 2.27. The van der Waals surface area contributed by atoms with Gasteiger partial charge in [0.05, 0.1) is 6.67 Å². The molecule has 130 valence electrons. The van der Waals surface area contributed by atoms with Crippen LogP contribution < -0.4 is 5.32 Å². The average Bonchev–Trinajstić information content (AvgIpc) is 3.19. The number of benzene rings is 1. The molecule has 0 spiro atoms. The molecule has 6 nitrogen and oxygen atoms in total. The highest BCUT2D eigenvalue weighted by molar-refractivity contribution is 5.87. The standard InChI is InChI=1S/C18H26N4O2/c1-2-20-14-22(13-17(20)23)18(24)19-11-16-9-6-10-21(16)12-15-7-4-3-5-8-15/h3-5,7-8,16H,2,6,9-14H2,1H3,(H,19,24)/t16-/m0/s1. The predicted octanol–water partition coefficient (Wildman–Crippen LogP) is 1.48. The van der Waals surface area contributed by atoms with Gasteiger partial charge in [0.15, 0.2) is 0 Å². The second-order valence-electron chi connectivity index (χ2n) is 6.53. The Morgan fingerprint density at radius 3 is 2.79 bits per heavy atom. The SMILES string of the molecule is CCN1CN(C(=O)NC[C@@H]2CCCN2Cc2ccccc2)CC1=O. The van der Waals surface area contributed by atoms with Crippen LogP contribution in [0.2, 0.25) is 0 Å². The molecule has 3 amide bonds. The number of carbonyl (C=O) groups excluding carboxylic acids is 2. The van der Waals surface area contributed by atoms with Crippen LogP contribution in [0.25, 0.3) is 0 Å². The summed E-state index contributed by atoms with van der Waals surface area (Å²) in [4.78, 5) is 29.7. The molecule has 2 fully saturated rings. The fourth-order valence-corrected chi connectivity index (χ4v) is 3.48. The molecule has 3 rings (SSSR count). The zero-order chi connectivity index (χ0) is 16.9. The summed E-state index contributed by atoms with van der Waals surface area (Å²) in [5, 5.41) is 3.01. The van der Waals surface area contributed by atoms with Crippen molar-refractivity contribution >= 4 is 11.9 Å². The summed E-state index contributed by atoms with van der Waals surface area (Å²) in [5.41, 5.74) is 1.31.